The Morgan fingerprint density at radius 3 is 1.32 bits per heavy atom. The smallest absolute Gasteiger partial charge is 0.325 e. The van der Waals surface area contributed by atoms with E-state index in [1.165, 1.54) is 25.6 Å². The SMILES string of the molecule is CC[C@H](C)[C@H](NC(=O)[C@H](C)NC(=O)CN)C(=O)NCC(=O)N[C@@H](CC(C)C)C(=O)N[C@@H](CCSC)C(=O)N[C@H](C(=O)NCC(=O)NCC(=O)NCC(=O)N[C@H](C(=O)N[C@H](C(=O)N[C@@H](C)C(=O)O)[C@@H](C)CC)C(C)C)C(C)C. The molecule has 0 saturated carbocycles. The molecule has 0 fully saturated rings. The molecule has 0 aromatic heterocycles. The molecule has 0 aliphatic carbocycles. The molecule has 0 aromatic rings. The van der Waals surface area contributed by atoms with Crippen molar-refractivity contribution >= 4 is 88.6 Å². The molecule has 0 aliphatic rings. The van der Waals surface area contributed by atoms with Crippen molar-refractivity contribution in [3.8, 4) is 0 Å². The van der Waals surface area contributed by atoms with Crippen LogP contribution in [-0.4, -0.2) is 175 Å². The lowest BCUT2D eigenvalue weighted by molar-refractivity contribution is -0.142. The van der Waals surface area contributed by atoms with Crippen molar-refractivity contribution in [3.63, 3.8) is 0 Å². The van der Waals surface area contributed by atoms with Crippen LogP contribution in [0.1, 0.15) is 109 Å². The maximum Gasteiger partial charge on any atom is 0.325 e. The van der Waals surface area contributed by atoms with E-state index in [9.17, 15) is 67.4 Å². The van der Waals surface area contributed by atoms with E-state index in [0.717, 1.165) is 0 Å². The summed E-state index contributed by atoms with van der Waals surface area (Å²) >= 11 is 1.39. The third kappa shape index (κ3) is 27.3. The first-order valence-corrected chi connectivity index (χ1v) is 27.2. The standard InChI is InChI=1S/C49H87N13O14S/c1-14-27(9)40(61-42(68)29(11)55-33(63)19-50)46(72)54-23-36(66)57-32(18-24(3)4)44(70)58-31(16-17-77-13)43(69)60-38(25(5)6)45(71)53-21-35(65)51-20-34(64)52-22-37(67)59-39(26(7)8)47(73)62-41(28(10)15-2)48(74)56-30(12)49(75)76/h24-32,38-41H,14-23,50H2,1-13H3,(H,51,65)(H,52,64)(H,53,71)(H,54,72)(H,55,63)(H,56,74)(H,57,66)(H,58,70)(H,59,67)(H,60,69)(H,61,68)(H,62,73)(H,75,76)/t27-,28-,29-,30-,31-,32-,38-,39-,40-,41-/m0/s1. The molecule has 15 N–H and O–H groups in total. The summed E-state index contributed by atoms with van der Waals surface area (Å²) < 4.78 is 0. The number of carbonyl (C=O) groups is 13. The lowest BCUT2D eigenvalue weighted by atomic mass is 9.96. The molecule has 12 amide bonds. The maximum absolute atomic E-state index is 13.8. The van der Waals surface area contributed by atoms with Crippen molar-refractivity contribution in [2.24, 2.45) is 35.3 Å². The van der Waals surface area contributed by atoms with Gasteiger partial charge in [0.05, 0.1) is 32.7 Å². The minimum absolute atomic E-state index is 0.122. The van der Waals surface area contributed by atoms with E-state index in [0.29, 0.717) is 18.6 Å². The molecule has 0 radical (unpaired) electrons. The third-order valence-corrected chi connectivity index (χ3v) is 12.8. The first-order chi connectivity index (χ1) is 35.9. The molecule has 0 unspecified atom stereocenters. The van der Waals surface area contributed by atoms with Crippen LogP contribution in [0.4, 0.5) is 0 Å². The molecule has 0 heterocycles. The van der Waals surface area contributed by atoms with Crippen molar-refractivity contribution in [2.75, 3.05) is 44.7 Å². The number of amides is 12. The highest BCUT2D eigenvalue weighted by Crippen LogP contribution is 2.13. The minimum Gasteiger partial charge on any atom is -0.480 e. The van der Waals surface area contributed by atoms with Gasteiger partial charge in [-0.3, -0.25) is 62.3 Å². The predicted octanol–water partition coefficient (Wildman–Crippen LogP) is -3.38. The quantitative estimate of drug-likeness (QED) is 0.0291. The molecule has 0 aromatic carbocycles. The monoisotopic (exact) mass is 1110 g/mol. The molecule has 10 atom stereocenters. The number of aliphatic carboxylic acids is 1. The van der Waals surface area contributed by atoms with Crippen LogP contribution in [0.2, 0.25) is 0 Å². The van der Waals surface area contributed by atoms with Gasteiger partial charge in [0.25, 0.3) is 0 Å². The van der Waals surface area contributed by atoms with Crippen molar-refractivity contribution in [2.45, 2.75) is 157 Å². The Balaban J connectivity index is 5.60. The molecular formula is C49H87N13O14S. The number of nitrogens with two attached hydrogens (primary N) is 1. The summed E-state index contributed by atoms with van der Waals surface area (Å²) in [5.74, 6) is -11.4. The zero-order chi connectivity index (χ0) is 59.3. The Morgan fingerprint density at radius 2 is 0.844 bits per heavy atom. The lowest BCUT2D eigenvalue weighted by Crippen LogP contribution is -2.59. The second-order valence-corrected chi connectivity index (χ2v) is 20.9. The molecule has 0 rings (SSSR count). The molecule has 28 heteroatoms. The number of carbonyl (C=O) groups excluding carboxylic acids is 12. The first-order valence-electron chi connectivity index (χ1n) is 25.8. The third-order valence-electron chi connectivity index (χ3n) is 12.1. The summed E-state index contributed by atoms with van der Waals surface area (Å²) in [4.78, 5) is 167. The van der Waals surface area contributed by atoms with Gasteiger partial charge in [0.1, 0.15) is 48.3 Å². The molecule has 77 heavy (non-hydrogen) atoms. The van der Waals surface area contributed by atoms with Crippen LogP contribution in [0.5, 0.6) is 0 Å². The Kier molecular flexibility index (Phi) is 33.3. The fourth-order valence-electron chi connectivity index (χ4n) is 6.97. The molecule has 0 spiro atoms. The first kappa shape index (κ1) is 70.4. The zero-order valence-electron chi connectivity index (χ0n) is 46.8. The van der Waals surface area contributed by atoms with Gasteiger partial charge >= 0.3 is 5.97 Å². The van der Waals surface area contributed by atoms with Crippen LogP contribution >= 0.6 is 11.8 Å². The van der Waals surface area contributed by atoms with Crippen molar-refractivity contribution < 1.29 is 67.4 Å². The largest absolute Gasteiger partial charge is 0.480 e. The highest BCUT2D eigenvalue weighted by Gasteiger charge is 2.35. The van der Waals surface area contributed by atoms with E-state index in [1.807, 2.05) is 13.8 Å². The Bertz CT molecular complexity index is 2040. The van der Waals surface area contributed by atoms with E-state index >= 15 is 0 Å². The summed E-state index contributed by atoms with van der Waals surface area (Å²) in [6.45, 7) is 17.1. The van der Waals surface area contributed by atoms with Gasteiger partial charge in [-0.25, -0.2) is 0 Å². The normalized spacial score (nSPS) is 15.0. The van der Waals surface area contributed by atoms with Crippen LogP contribution in [0, 0.1) is 29.6 Å². The molecule has 0 aliphatic heterocycles. The van der Waals surface area contributed by atoms with Crippen LogP contribution in [-0.2, 0) is 62.3 Å². The number of rotatable bonds is 36. The molecule has 438 valence electrons. The summed E-state index contributed by atoms with van der Waals surface area (Å²) in [5, 5.41) is 39.1. The van der Waals surface area contributed by atoms with E-state index in [4.69, 9.17) is 5.73 Å². The van der Waals surface area contributed by atoms with Gasteiger partial charge in [-0.15, -0.1) is 0 Å². The topological polar surface area (TPSA) is 413 Å². The highest BCUT2D eigenvalue weighted by molar-refractivity contribution is 7.98. The van der Waals surface area contributed by atoms with Gasteiger partial charge in [-0.1, -0.05) is 82.1 Å². The number of carboxylic acids is 1. The van der Waals surface area contributed by atoms with Crippen molar-refractivity contribution in [1.82, 2.24) is 63.8 Å². The average molecular weight is 1110 g/mol. The van der Waals surface area contributed by atoms with Gasteiger partial charge < -0.3 is 74.6 Å². The predicted molar refractivity (Wildman–Crippen MR) is 287 cm³/mol. The second-order valence-electron chi connectivity index (χ2n) is 19.9. The molecule has 0 saturated heterocycles. The maximum atomic E-state index is 13.8. The van der Waals surface area contributed by atoms with Gasteiger partial charge in [0, 0.05) is 0 Å². The lowest BCUT2D eigenvalue weighted by Gasteiger charge is -2.28. The number of nitrogens with one attached hydrogen (secondary N) is 12. The Hall–Kier alpha value is -6.58. The number of hydrogen-bond donors (Lipinski definition) is 14. The number of hydrogen-bond acceptors (Lipinski definition) is 15. The van der Waals surface area contributed by atoms with E-state index in [2.05, 4.69) is 63.8 Å². The molecule has 0 bridgehead atoms. The van der Waals surface area contributed by atoms with Gasteiger partial charge in [-0.05, 0) is 68.3 Å². The average Bonchev–Trinajstić information content (AvgIpc) is 3.37. The summed E-state index contributed by atoms with van der Waals surface area (Å²) in [7, 11) is 0. The van der Waals surface area contributed by atoms with Crippen LogP contribution in [0.15, 0.2) is 0 Å². The Morgan fingerprint density at radius 1 is 0.429 bits per heavy atom. The van der Waals surface area contributed by atoms with Crippen LogP contribution in [0.25, 0.3) is 0 Å². The fraction of sp³-hybridized carbons (Fsp3) is 0.735. The highest BCUT2D eigenvalue weighted by atomic mass is 32.2. The molecular weight excluding hydrogens is 1030 g/mol. The summed E-state index contributed by atoms with van der Waals surface area (Å²) in [6, 6.07) is -9.08. The van der Waals surface area contributed by atoms with E-state index in [-0.39, 0.29) is 31.2 Å². The van der Waals surface area contributed by atoms with Gasteiger partial charge in [0.15, 0.2) is 0 Å². The summed E-state index contributed by atoms with van der Waals surface area (Å²) in [6.07, 6.45) is 2.98. The minimum atomic E-state index is -1.27. The Labute approximate surface area is 455 Å². The number of carboxylic acid groups (broad SMARTS) is 1. The van der Waals surface area contributed by atoms with E-state index in [1.54, 1.807) is 61.6 Å². The summed E-state index contributed by atoms with van der Waals surface area (Å²) in [5.41, 5.74) is 5.31. The number of thioether (sulfide) groups is 1. The van der Waals surface area contributed by atoms with E-state index < -0.39 is 169 Å². The fourth-order valence-corrected chi connectivity index (χ4v) is 7.44. The molecule has 27 nitrogen and oxygen atoms in total. The van der Waals surface area contributed by atoms with Crippen molar-refractivity contribution in [1.29, 1.82) is 0 Å². The van der Waals surface area contributed by atoms with Gasteiger partial charge in [0.2, 0.25) is 70.9 Å². The van der Waals surface area contributed by atoms with Crippen LogP contribution in [0.3, 0.4) is 0 Å². The van der Waals surface area contributed by atoms with Gasteiger partial charge in [-0.2, -0.15) is 11.8 Å². The zero-order valence-corrected chi connectivity index (χ0v) is 47.6. The van der Waals surface area contributed by atoms with Crippen LogP contribution < -0.4 is 69.5 Å². The second kappa shape index (κ2) is 36.5. The van der Waals surface area contributed by atoms with Crippen molar-refractivity contribution in [3.05, 3.63) is 0 Å².